The molecule has 2 aliphatic heterocycles. The molecule has 1 fully saturated rings. The highest BCUT2D eigenvalue weighted by Gasteiger charge is 2.34. The average molecular weight is 562 g/mol. The molecule has 0 bridgehead atoms. The molecule has 0 spiro atoms. The third-order valence-electron chi connectivity index (χ3n) is 7.73. The second-order valence-corrected chi connectivity index (χ2v) is 12.0. The van der Waals surface area contributed by atoms with E-state index < -0.39 is 0 Å². The minimum Gasteiger partial charge on any atom is -0.491 e. The average Bonchev–Trinajstić information content (AvgIpc) is 3.65. The number of ether oxygens (including phenoxy) is 2. The maximum Gasteiger partial charge on any atom is 0.322 e. The van der Waals surface area contributed by atoms with Crippen molar-refractivity contribution < 1.29 is 19.1 Å². The lowest BCUT2D eigenvalue weighted by molar-refractivity contribution is -0.135. The van der Waals surface area contributed by atoms with Gasteiger partial charge in [0, 0.05) is 30.3 Å². The highest BCUT2D eigenvalue weighted by atomic mass is 32.1. The van der Waals surface area contributed by atoms with Crippen LogP contribution in [-0.2, 0) is 16.0 Å². The molecule has 212 valence electrons. The molecule has 5 rings (SSSR count). The number of nitrogens with zero attached hydrogens (tertiary/aromatic N) is 2. The predicted octanol–water partition coefficient (Wildman–Crippen LogP) is 6.40. The molecule has 2 aliphatic rings. The van der Waals surface area contributed by atoms with Crippen LogP contribution in [-0.4, -0.2) is 60.7 Å². The van der Waals surface area contributed by atoms with E-state index in [2.05, 4.69) is 42.7 Å². The third kappa shape index (κ3) is 6.85. The molecule has 3 amide bonds. The van der Waals surface area contributed by atoms with Crippen LogP contribution in [0.15, 0.2) is 60.0 Å². The van der Waals surface area contributed by atoms with Gasteiger partial charge in [-0.2, -0.15) is 0 Å². The van der Waals surface area contributed by atoms with Crippen LogP contribution in [0.4, 0.5) is 10.5 Å². The van der Waals surface area contributed by atoms with Crippen LogP contribution in [0.2, 0.25) is 0 Å². The number of anilines is 1. The summed E-state index contributed by atoms with van der Waals surface area (Å²) in [5.41, 5.74) is 4.22. The van der Waals surface area contributed by atoms with Gasteiger partial charge in [-0.1, -0.05) is 43.7 Å². The summed E-state index contributed by atoms with van der Waals surface area (Å²) < 4.78 is 12.1. The monoisotopic (exact) mass is 561 g/mol. The molecule has 2 atom stereocenters. The lowest BCUT2D eigenvalue weighted by Crippen LogP contribution is -2.50. The Labute approximate surface area is 241 Å². The summed E-state index contributed by atoms with van der Waals surface area (Å²) in [5.74, 6) is 1.16. The Bertz CT molecular complexity index is 1280. The Hall–Kier alpha value is -3.36. The van der Waals surface area contributed by atoms with E-state index >= 15 is 0 Å². The van der Waals surface area contributed by atoms with Gasteiger partial charge in [-0.15, -0.1) is 11.3 Å². The molecule has 8 heteroatoms. The van der Waals surface area contributed by atoms with Crippen molar-refractivity contribution in [2.45, 2.75) is 58.1 Å². The molecule has 2 aromatic carbocycles. The first-order chi connectivity index (χ1) is 19.4. The number of hydrogen-bond donors (Lipinski definition) is 1. The molecule has 7 nitrogen and oxygen atoms in total. The summed E-state index contributed by atoms with van der Waals surface area (Å²) in [5, 5.41) is 5.06. The van der Waals surface area contributed by atoms with Crippen LogP contribution in [0.3, 0.4) is 0 Å². The molecule has 0 saturated carbocycles. The van der Waals surface area contributed by atoms with Gasteiger partial charge in [-0.05, 0) is 78.9 Å². The molecule has 0 radical (unpaired) electrons. The minimum absolute atomic E-state index is 0.0173. The zero-order valence-corrected chi connectivity index (χ0v) is 24.4. The quantitative estimate of drug-likeness (QED) is 0.328. The molecule has 40 heavy (non-hydrogen) atoms. The number of carbonyl (C=O) groups is 2. The summed E-state index contributed by atoms with van der Waals surface area (Å²) in [6, 6.07) is 17.4. The Morgan fingerprint density at radius 3 is 2.60 bits per heavy atom. The molecule has 3 heterocycles. The molecule has 1 N–H and O–H groups in total. The first-order valence-corrected chi connectivity index (χ1v) is 15.1. The van der Waals surface area contributed by atoms with Crippen molar-refractivity contribution in [1.82, 2.24) is 9.80 Å². The zero-order valence-electron chi connectivity index (χ0n) is 23.6. The van der Waals surface area contributed by atoms with E-state index in [1.807, 2.05) is 48.2 Å². The van der Waals surface area contributed by atoms with Crippen LogP contribution in [0.1, 0.15) is 60.2 Å². The van der Waals surface area contributed by atoms with E-state index in [4.69, 9.17) is 9.47 Å². The fourth-order valence-corrected chi connectivity index (χ4v) is 6.27. The van der Waals surface area contributed by atoms with Gasteiger partial charge < -0.3 is 24.6 Å². The van der Waals surface area contributed by atoms with Gasteiger partial charge in [0.2, 0.25) is 5.91 Å². The van der Waals surface area contributed by atoms with E-state index in [1.165, 1.54) is 10.4 Å². The number of carbonyl (C=O) groups excluding carboxylic acids is 2. The summed E-state index contributed by atoms with van der Waals surface area (Å²) in [6.45, 7) is 8.35. The van der Waals surface area contributed by atoms with E-state index in [9.17, 15) is 9.59 Å². The van der Waals surface area contributed by atoms with Crippen molar-refractivity contribution in [3.63, 3.8) is 0 Å². The Balaban J connectivity index is 1.30. The van der Waals surface area contributed by atoms with E-state index in [-0.39, 0.29) is 30.6 Å². The molecular formula is C32H39N3O4S. The van der Waals surface area contributed by atoms with Crippen molar-refractivity contribution in [2.75, 3.05) is 38.2 Å². The van der Waals surface area contributed by atoms with Crippen molar-refractivity contribution >= 4 is 29.0 Å². The number of rotatable bonds is 9. The number of fused-ring (bicyclic) bond motifs is 1. The van der Waals surface area contributed by atoms with Crippen LogP contribution in [0.5, 0.6) is 5.75 Å². The van der Waals surface area contributed by atoms with Crippen molar-refractivity contribution in [3.8, 4) is 5.75 Å². The number of urea groups is 1. The first-order valence-electron chi connectivity index (χ1n) is 14.2. The molecule has 1 saturated heterocycles. The van der Waals surface area contributed by atoms with E-state index in [0.29, 0.717) is 37.9 Å². The molecule has 3 aromatic rings. The molecule has 0 aliphatic carbocycles. The Morgan fingerprint density at radius 1 is 1.12 bits per heavy atom. The zero-order chi connectivity index (χ0) is 28.1. The summed E-state index contributed by atoms with van der Waals surface area (Å²) in [6.07, 6.45) is 2.60. The SMILES string of the molecule is Cc1ccc(NC(=O)N(CC(=O)N2CCc3sccc3C2COc2ccc(C(C)C)cc2)CC2CCCO2)cc1. The van der Waals surface area contributed by atoms with E-state index in [0.717, 1.165) is 36.1 Å². The summed E-state index contributed by atoms with van der Waals surface area (Å²) >= 11 is 1.73. The Morgan fingerprint density at radius 2 is 1.90 bits per heavy atom. The highest BCUT2D eigenvalue weighted by Crippen LogP contribution is 2.34. The number of benzene rings is 2. The highest BCUT2D eigenvalue weighted by molar-refractivity contribution is 7.10. The van der Waals surface area contributed by atoms with Gasteiger partial charge in [-0.25, -0.2) is 4.79 Å². The number of hydrogen-bond acceptors (Lipinski definition) is 5. The lowest BCUT2D eigenvalue weighted by atomic mass is 10.00. The maximum atomic E-state index is 13.9. The normalized spacial score (nSPS) is 18.4. The molecule has 1 aromatic heterocycles. The Kier molecular flexibility index (Phi) is 9.07. The second-order valence-electron chi connectivity index (χ2n) is 11.0. The minimum atomic E-state index is -0.293. The van der Waals surface area contributed by atoms with Gasteiger partial charge in [0.05, 0.1) is 12.1 Å². The van der Waals surface area contributed by atoms with Gasteiger partial charge >= 0.3 is 6.03 Å². The maximum absolute atomic E-state index is 13.9. The van der Waals surface area contributed by atoms with Crippen LogP contribution in [0.25, 0.3) is 0 Å². The third-order valence-corrected chi connectivity index (χ3v) is 8.73. The predicted molar refractivity (Wildman–Crippen MR) is 159 cm³/mol. The van der Waals surface area contributed by atoms with Crippen LogP contribution < -0.4 is 10.1 Å². The van der Waals surface area contributed by atoms with Crippen molar-refractivity contribution in [1.29, 1.82) is 0 Å². The second kappa shape index (κ2) is 12.9. The first kappa shape index (κ1) is 28.2. The van der Waals surface area contributed by atoms with Gasteiger partial charge in [0.15, 0.2) is 0 Å². The van der Waals surface area contributed by atoms with Gasteiger partial charge in [0.25, 0.3) is 0 Å². The largest absolute Gasteiger partial charge is 0.491 e. The van der Waals surface area contributed by atoms with E-state index in [1.54, 1.807) is 16.2 Å². The number of aryl methyl sites for hydroxylation is 1. The van der Waals surface area contributed by atoms with Crippen molar-refractivity contribution in [2.24, 2.45) is 0 Å². The number of nitrogens with one attached hydrogen (secondary N) is 1. The van der Waals surface area contributed by atoms with Crippen LogP contribution >= 0.6 is 11.3 Å². The van der Waals surface area contributed by atoms with Gasteiger partial charge in [-0.3, -0.25) is 4.79 Å². The summed E-state index contributed by atoms with van der Waals surface area (Å²) in [7, 11) is 0. The van der Waals surface area contributed by atoms with Gasteiger partial charge in [0.1, 0.15) is 18.9 Å². The molecular weight excluding hydrogens is 522 g/mol. The molecule has 2 unspecified atom stereocenters. The topological polar surface area (TPSA) is 71.1 Å². The van der Waals surface area contributed by atoms with Crippen molar-refractivity contribution in [3.05, 3.63) is 81.5 Å². The smallest absolute Gasteiger partial charge is 0.322 e. The fraction of sp³-hybridized carbons (Fsp3) is 0.438. The fourth-order valence-electron chi connectivity index (χ4n) is 5.35. The summed E-state index contributed by atoms with van der Waals surface area (Å²) in [4.78, 5) is 32.0. The van der Waals surface area contributed by atoms with Crippen LogP contribution in [0, 0.1) is 6.92 Å². The number of amides is 3. The number of thiophene rings is 1. The lowest BCUT2D eigenvalue weighted by Gasteiger charge is -2.37. The standard InChI is InChI=1S/C32H39N3O4S/c1-22(2)24-8-12-26(13-9-24)39-21-29-28-15-18-40-30(28)14-16-35(29)31(36)20-34(19-27-5-4-17-38-27)32(37)33-25-10-6-23(3)7-11-25/h6-13,15,18,22,27,29H,4-5,14,16-17,19-21H2,1-3H3,(H,33,37).